The number of nitrogens with one attached hydrogen (secondary N) is 1. The van der Waals surface area contributed by atoms with Crippen LogP contribution >= 0.6 is 0 Å². The van der Waals surface area contributed by atoms with Crippen LogP contribution < -0.4 is 11.0 Å². The normalized spacial score (nSPS) is 16.9. The van der Waals surface area contributed by atoms with Gasteiger partial charge in [0.05, 0.1) is 5.69 Å². The lowest BCUT2D eigenvalue weighted by atomic mass is 10.0. The Balaban J connectivity index is 1.51. The van der Waals surface area contributed by atoms with E-state index < -0.39 is 0 Å². The van der Waals surface area contributed by atoms with Gasteiger partial charge in [-0.2, -0.15) is 9.78 Å². The first-order valence-electron chi connectivity index (χ1n) is 9.41. The van der Waals surface area contributed by atoms with Crippen molar-refractivity contribution >= 4 is 5.91 Å². The number of hydrogen-bond donors (Lipinski definition) is 1. The van der Waals surface area contributed by atoms with Gasteiger partial charge >= 0.3 is 5.69 Å². The molecule has 1 aromatic heterocycles. The Morgan fingerprint density at radius 3 is 2.50 bits per heavy atom. The molecule has 1 amide bonds. The van der Waals surface area contributed by atoms with E-state index in [4.69, 9.17) is 0 Å². The maximum atomic E-state index is 12.9. The molecule has 2 aromatic carbocycles. The topological polar surface area (TPSA) is 72.2 Å². The summed E-state index contributed by atoms with van der Waals surface area (Å²) in [5, 5.41) is 7.78. The summed E-state index contributed by atoms with van der Waals surface area (Å²) in [7, 11) is 0. The average Bonchev–Trinajstić information content (AvgIpc) is 3.03. The number of hydrogen-bond acceptors (Lipinski definition) is 4. The van der Waals surface area contributed by atoms with Crippen LogP contribution in [-0.2, 0) is 11.3 Å². The van der Waals surface area contributed by atoms with E-state index in [2.05, 4.69) is 22.5 Å². The van der Waals surface area contributed by atoms with Crippen molar-refractivity contribution in [3.63, 3.8) is 0 Å². The van der Waals surface area contributed by atoms with Crippen LogP contribution in [0.2, 0.25) is 0 Å². The van der Waals surface area contributed by atoms with Crippen LogP contribution in [0.4, 0.5) is 0 Å². The van der Waals surface area contributed by atoms with E-state index in [-0.39, 0.29) is 24.2 Å². The lowest BCUT2D eigenvalue weighted by molar-refractivity contribution is -0.133. The third-order valence-corrected chi connectivity index (χ3v) is 5.07. The fourth-order valence-corrected chi connectivity index (χ4v) is 3.53. The van der Waals surface area contributed by atoms with Crippen molar-refractivity contribution in [1.29, 1.82) is 0 Å². The van der Waals surface area contributed by atoms with Crippen LogP contribution in [0.3, 0.4) is 0 Å². The number of amides is 1. The third-order valence-electron chi connectivity index (χ3n) is 5.07. The summed E-state index contributed by atoms with van der Waals surface area (Å²) in [5.41, 5.74) is 1.55. The van der Waals surface area contributed by atoms with Gasteiger partial charge in [-0.3, -0.25) is 9.36 Å². The van der Waals surface area contributed by atoms with Gasteiger partial charge in [-0.15, -0.1) is 0 Å². The monoisotopic (exact) mass is 377 g/mol. The van der Waals surface area contributed by atoms with Crippen molar-refractivity contribution in [2.24, 2.45) is 0 Å². The van der Waals surface area contributed by atoms with Crippen molar-refractivity contribution in [1.82, 2.24) is 24.6 Å². The first kappa shape index (κ1) is 18.2. The number of piperazine rings is 1. The van der Waals surface area contributed by atoms with Crippen LogP contribution in [0.1, 0.15) is 17.4 Å². The Morgan fingerprint density at radius 2 is 1.79 bits per heavy atom. The Hall–Kier alpha value is -3.19. The van der Waals surface area contributed by atoms with Crippen LogP contribution in [0, 0.1) is 6.92 Å². The van der Waals surface area contributed by atoms with Crippen molar-refractivity contribution in [2.45, 2.75) is 19.5 Å². The van der Waals surface area contributed by atoms with Gasteiger partial charge in [-0.1, -0.05) is 48.5 Å². The second kappa shape index (κ2) is 7.82. The highest BCUT2D eigenvalue weighted by atomic mass is 16.2. The maximum absolute atomic E-state index is 12.9. The predicted molar refractivity (Wildman–Crippen MR) is 106 cm³/mol. The van der Waals surface area contributed by atoms with Gasteiger partial charge in [0.2, 0.25) is 5.91 Å². The molecule has 144 valence electrons. The van der Waals surface area contributed by atoms with E-state index in [1.54, 1.807) is 6.92 Å². The molecule has 0 unspecified atom stereocenters. The molecule has 7 heteroatoms. The molecule has 0 bridgehead atoms. The molecule has 1 aliphatic rings. The van der Waals surface area contributed by atoms with E-state index in [9.17, 15) is 9.59 Å². The van der Waals surface area contributed by atoms with E-state index in [0.29, 0.717) is 24.6 Å². The Kier molecular flexibility index (Phi) is 5.08. The van der Waals surface area contributed by atoms with Gasteiger partial charge in [0.15, 0.2) is 0 Å². The van der Waals surface area contributed by atoms with Gasteiger partial charge in [-0.25, -0.2) is 4.79 Å². The zero-order valence-corrected chi connectivity index (χ0v) is 15.8. The summed E-state index contributed by atoms with van der Waals surface area (Å²) in [4.78, 5) is 27.5. The van der Waals surface area contributed by atoms with E-state index in [0.717, 1.165) is 12.1 Å². The lowest BCUT2D eigenvalue weighted by Crippen LogP contribution is -2.49. The highest BCUT2D eigenvalue weighted by Gasteiger charge is 2.25. The summed E-state index contributed by atoms with van der Waals surface area (Å²) in [5.74, 6) is 0.456. The van der Waals surface area contributed by atoms with Crippen molar-refractivity contribution < 1.29 is 4.79 Å². The average molecular weight is 377 g/mol. The van der Waals surface area contributed by atoms with E-state index >= 15 is 0 Å². The van der Waals surface area contributed by atoms with Crippen molar-refractivity contribution in [3.8, 4) is 5.69 Å². The number of carbonyl (C=O) groups excluding carboxylic acids is 1. The van der Waals surface area contributed by atoms with Crippen LogP contribution in [0.5, 0.6) is 0 Å². The minimum atomic E-state index is -0.299. The standard InChI is InChI=1S/C21H23N5O2/c1-16-23-26(18-10-6-3-7-11-18)21(28)25(16)15-20(27)24-13-12-22-19(14-24)17-8-4-2-5-9-17/h2-11,19,22H,12-15H2,1H3/t19-/m1/s1. The number of carbonyl (C=O) groups is 1. The molecule has 3 aromatic rings. The number of para-hydroxylation sites is 1. The number of nitrogens with zero attached hydrogens (tertiary/aromatic N) is 4. The summed E-state index contributed by atoms with van der Waals surface area (Å²) in [6, 6.07) is 19.4. The molecular formula is C21H23N5O2. The number of aryl methyl sites for hydroxylation is 1. The molecule has 7 nitrogen and oxygen atoms in total. The molecule has 1 N–H and O–H groups in total. The zero-order chi connectivity index (χ0) is 19.5. The number of benzene rings is 2. The van der Waals surface area contributed by atoms with Crippen LogP contribution in [0.25, 0.3) is 5.69 Å². The van der Waals surface area contributed by atoms with Gasteiger partial charge in [0, 0.05) is 25.7 Å². The Bertz CT molecular complexity index is 1010. The highest BCUT2D eigenvalue weighted by molar-refractivity contribution is 5.76. The molecule has 2 heterocycles. The summed E-state index contributed by atoms with van der Waals surface area (Å²) >= 11 is 0. The largest absolute Gasteiger partial charge is 0.351 e. The molecule has 0 spiro atoms. The van der Waals surface area contributed by atoms with Crippen LogP contribution in [0.15, 0.2) is 65.5 Å². The highest BCUT2D eigenvalue weighted by Crippen LogP contribution is 2.17. The second-order valence-electron chi connectivity index (χ2n) is 6.92. The molecule has 1 aliphatic heterocycles. The second-order valence-corrected chi connectivity index (χ2v) is 6.92. The van der Waals surface area contributed by atoms with Crippen LogP contribution in [-0.4, -0.2) is 44.8 Å². The fraction of sp³-hybridized carbons (Fsp3) is 0.286. The van der Waals surface area contributed by atoms with Gasteiger partial charge in [-0.05, 0) is 24.6 Å². The zero-order valence-electron chi connectivity index (χ0n) is 15.8. The first-order valence-corrected chi connectivity index (χ1v) is 9.41. The molecule has 1 atom stereocenters. The van der Waals surface area contributed by atoms with Crippen molar-refractivity contribution in [2.75, 3.05) is 19.6 Å². The molecule has 4 rings (SSSR count). The van der Waals surface area contributed by atoms with Crippen molar-refractivity contribution in [3.05, 3.63) is 82.5 Å². The minimum Gasteiger partial charge on any atom is -0.338 e. The molecule has 0 saturated carbocycles. The molecule has 1 saturated heterocycles. The Morgan fingerprint density at radius 1 is 1.11 bits per heavy atom. The maximum Gasteiger partial charge on any atom is 0.351 e. The molecule has 0 aliphatic carbocycles. The number of rotatable bonds is 4. The molecule has 1 fully saturated rings. The summed E-state index contributed by atoms with van der Waals surface area (Å²) < 4.78 is 2.78. The van der Waals surface area contributed by atoms with Gasteiger partial charge in [0.25, 0.3) is 0 Å². The summed E-state index contributed by atoms with van der Waals surface area (Å²) in [6.45, 7) is 3.69. The number of aromatic nitrogens is 3. The van der Waals surface area contributed by atoms with E-state index in [1.807, 2.05) is 53.4 Å². The lowest BCUT2D eigenvalue weighted by Gasteiger charge is -2.34. The predicted octanol–water partition coefficient (Wildman–Crippen LogP) is 1.52. The molecule has 0 radical (unpaired) electrons. The molecule has 28 heavy (non-hydrogen) atoms. The molecular weight excluding hydrogens is 354 g/mol. The SMILES string of the molecule is Cc1nn(-c2ccccc2)c(=O)n1CC(=O)N1CCN[C@@H](c2ccccc2)C1. The summed E-state index contributed by atoms with van der Waals surface area (Å²) in [6.07, 6.45) is 0. The minimum absolute atomic E-state index is 0.000982. The first-order chi connectivity index (χ1) is 13.6. The van der Waals surface area contributed by atoms with Gasteiger partial charge in [0.1, 0.15) is 12.4 Å². The van der Waals surface area contributed by atoms with E-state index in [1.165, 1.54) is 9.25 Å². The Labute approximate surface area is 163 Å². The quantitative estimate of drug-likeness (QED) is 0.748. The third kappa shape index (κ3) is 3.61. The fourth-order valence-electron chi connectivity index (χ4n) is 3.53. The smallest absolute Gasteiger partial charge is 0.338 e. The van der Waals surface area contributed by atoms with Gasteiger partial charge < -0.3 is 10.2 Å².